The summed E-state index contributed by atoms with van der Waals surface area (Å²) in [5.41, 5.74) is 0.175. The lowest BCUT2D eigenvalue weighted by Gasteiger charge is -2.22. The molecule has 3 aromatic rings. The van der Waals surface area contributed by atoms with Crippen molar-refractivity contribution in [3.63, 3.8) is 0 Å². The molecule has 1 aromatic carbocycles. The molecule has 0 radical (unpaired) electrons. The quantitative estimate of drug-likeness (QED) is 0.715. The number of para-hydroxylation sites is 1. The lowest BCUT2D eigenvalue weighted by molar-refractivity contribution is -0.896. The van der Waals surface area contributed by atoms with Crippen LogP contribution in [0.5, 0.6) is 0 Å². The van der Waals surface area contributed by atoms with E-state index in [1.54, 1.807) is 6.07 Å². The van der Waals surface area contributed by atoms with E-state index in [0.29, 0.717) is 22.5 Å². The first kappa shape index (κ1) is 15.4. The van der Waals surface area contributed by atoms with Crippen molar-refractivity contribution in [1.29, 1.82) is 0 Å². The van der Waals surface area contributed by atoms with Crippen LogP contribution in [0.25, 0.3) is 21.7 Å². The van der Waals surface area contributed by atoms with E-state index in [0.717, 1.165) is 23.9 Å². The Morgan fingerprint density at radius 1 is 1.17 bits per heavy atom. The maximum Gasteiger partial charge on any atom is 0.347 e. The zero-order valence-corrected chi connectivity index (χ0v) is 14.1. The van der Waals surface area contributed by atoms with Crippen LogP contribution in [0.4, 0.5) is 5.00 Å². The van der Waals surface area contributed by atoms with E-state index in [4.69, 9.17) is 4.42 Å². The first-order valence-corrected chi connectivity index (χ1v) is 9.17. The summed E-state index contributed by atoms with van der Waals surface area (Å²) in [6.45, 7) is 2.55. The fourth-order valence-corrected chi connectivity index (χ4v) is 4.37. The van der Waals surface area contributed by atoms with E-state index in [-0.39, 0.29) is 5.91 Å². The second kappa shape index (κ2) is 6.37. The number of benzene rings is 1. The lowest BCUT2D eigenvalue weighted by atomic mass is 10.1. The van der Waals surface area contributed by atoms with Crippen molar-refractivity contribution < 1.29 is 14.1 Å². The highest BCUT2D eigenvalue weighted by molar-refractivity contribution is 7.16. The van der Waals surface area contributed by atoms with Crippen molar-refractivity contribution in [2.45, 2.75) is 19.3 Å². The molecule has 0 bridgehead atoms. The third-order valence-corrected chi connectivity index (χ3v) is 5.49. The summed E-state index contributed by atoms with van der Waals surface area (Å²) in [6, 6.07) is 7.47. The number of likely N-dealkylation sites (tertiary alicyclic amines) is 1. The Kier molecular flexibility index (Phi) is 4.08. The molecule has 4 rings (SSSR count). The van der Waals surface area contributed by atoms with Crippen LogP contribution in [0.2, 0.25) is 0 Å². The van der Waals surface area contributed by atoms with Crippen LogP contribution in [0.15, 0.2) is 38.9 Å². The minimum absolute atomic E-state index is 0.0387. The van der Waals surface area contributed by atoms with Gasteiger partial charge in [-0.05, 0) is 25.3 Å². The van der Waals surface area contributed by atoms with Gasteiger partial charge in [-0.1, -0.05) is 18.2 Å². The molecule has 3 heterocycles. The molecule has 124 valence electrons. The van der Waals surface area contributed by atoms with Gasteiger partial charge in [0.15, 0.2) is 6.54 Å². The van der Waals surface area contributed by atoms with Gasteiger partial charge in [0.1, 0.15) is 16.0 Å². The normalized spacial score (nSPS) is 15.8. The SMILES string of the molecule is O=C(C[NH+]1CCCCC1)Nc1scc2c1c(=O)oc1ccccc12. The van der Waals surface area contributed by atoms with E-state index >= 15 is 0 Å². The predicted molar refractivity (Wildman–Crippen MR) is 95.9 cm³/mol. The second-order valence-corrected chi connectivity index (χ2v) is 7.15. The fraction of sp³-hybridized carbons (Fsp3) is 0.333. The number of quaternary nitrogens is 1. The van der Waals surface area contributed by atoms with Crippen molar-refractivity contribution in [3.05, 3.63) is 40.1 Å². The fourth-order valence-electron chi connectivity index (χ4n) is 3.41. The molecule has 1 aliphatic heterocycles. The van der Waals surface area contributed by atoms with Crippen molar-refractivity contribution in [2.24, 2.45) is 0 Å². The maximum absolute atomic E-state index is 12.3. The molecule has 2 aromatic heterocycles. The van der Waals surface area contributed by atoms with Crippen LogP contribution in [-0.4, -0.2) is 25.5 Å². The van der Waals surface area contributed by atoms with Crippen molar-refractivity contribution in [2.75, 3.05) is 25.0 Å². The number of fused-ring (bicyclic) bond motifs is 3. The molecule has 1 fully saturated rings. The highest BCUT2D eigenvalue weighted by Gasteiger charge is 2.20. The third kappa shape index (κ3) is 2.83. The Hall–Kier alpha value is -2.18. The third-order valence-electron chi connectivity index (χ3n) is 4.60. The predicted octanol–water partition coefficient (Wildman–Crippen LogP) is 2.01. The molecule has 2 N–H and O–H groups in total. The summed E-state index contributed by atoms with van der Waals surface area (Å²) in [7, 11) is 0. The number of hydrogen-bond donors (Lipinski definition) is 2. The van der Waals surface area contributed by atoms with Crippen LogP contribution in [0.3, 0.4) is 0 Å². The molecule has 5 nitrogen and oxygen atoms in total. The van der Waals surface area contributed by atoms with Gasteiger partial charge in [0.05, 0.1) is 13.1 Å². The number of rotatable bonds is 3. The molecular formula is C18H19N2O3S+. The van der Waals surface area contributed by atoms with Crippen molar-refractivity contribution >= 4 is 44.0 Å². The molecule has 1 aliphatic rings. The second-order valence-electron chi connectivity index (χ2n) is 6.27. The van der Waals surface area contributed by atoms with Crippen molar-refractivity contribution in [3.8, 4) is 0 Å². The first-order valence-electron chi connectivity index (χ1n) is 8.29. The van der Waals surface area contributed by atoms with Crippen LogP contribution in [0, 0.1) is 0 Å². The summed E-state index contributed by atoms with van der Waals surface area (Å²) >= 11 is 1.38. The van der Waals surface area contributed by atoms with E-state index in [2.05, 4.69) is 5.32 Å². The summed E-state index contributed by atoms with van der Waals surface area (Å²) in [6.07, 6.45) is 3.62. The standard InChI is InChI=1S/C18H18N2O3S/c21-15(10-20-8-4-1-5-9-20)19-17-16-13(11-24-17)12-6-2-3-7-14(12)23-18(16)22/h2-3,6-7,11H,1,4-5,8-10H2,(H,19,21)/p+1. The zero-order chi connectivity index (χ0) is 16.5. The van der Waals surface area contributed by atoms with Gasteiger partial charge in [0.2, 0.25) is 0 Å². The maximum atomic E-state index is 12.3. The van der Waals surface area contributed by atoms with Gasteiger partial charge in [-0.25, -0.2) is 4.79 Å². The van der Waals surface area contributed by atoms with E-state index in [9.17, 15) is 9.59 Å². The van der Waals surface area contributed by atoms with Crippen LogP contribution >= 0.6 is 11.3 Å². The summed E-state index contributed by atoms with van der Waals surface area (Å²) in [5, 5.41) is 7.63. The number of nitrogens with one attached hydrogen (secondary N) is 2. The number of carbonyl (C=O) groups excluding carboxylic acids is 1. The van der Waals surface area contributed by atoms with Gasteiger partial charge in [0, 0.05) is 16.2 Å². The minimum Gasteiger partial charge on any atom is -0.422 e. The smallest absolute Gasteiger partial charge is 0.347 e. The Morgan fingerprint density at radius 2 is 1.96 bits per heavy atom. The molecule has 0 unspecified atom stereocenters. The monoisotopic (exact) mass is 343 g/mol. The van der Waals surface area contributed by atoms with Crippen LogP contribution in [-0.2, 0) is 4.79 Å². The van der Waals surface area contributed by atoms with Gasteiger partial charge >= 0.3 is 5.63 Å². The molecule has 1 amide bonds. The van der Waals surface area contributed by atoms with Gasteiger partial charge in [-0.3, -0.25) is 4.79 Å². The topological polar surface area (TPSA) is 63.8 Å². The van der Waals surface area contributed by atoms with Crippen LogP contribution < -0.4 is 15.8 Å². The number of carbonyl (C=O) groups is 1. The molecule has 24 heavy (non-hydrogen) atoms. The van der Waals surface area contributed by atoms with E-state index < -0.39 is 5.63 Å². The summed E-state index contributed by atoms with van der Waals surface area (Å²) in [5.74, 6) is -0.0387. The largest absolute Gasteiger partial charge is 0.422 e. The molecule has 6 heteroatoms. The molecule has 0 saturated carbocycles. The number of anilines is 1. The van der Waals surface area contributed by atoms with E-state index in [1.165, 1.54) is 35.5 Å². The number of hydrogen-bond acceptors (Lipinski definition) is 4. The van der Waals surface area contributed by atoms with Gasteiger partial charge in [-0.2, -0.15) is 0 Å². The number of amides is 1. The average Bonchev–Trinajstić information content (AvgIpc) is 3.00. The van der Waals surface area contributed by atoms with E-state index in [1.807, 2.05) is 23.6 Å². The average molecular weight is 343 g/mol. The molecular weight excluding hydrogens is 324 g/mol. The highest BCUT2D eigenvalue weighted by atomic mass is 32.1. The van der Waals surface area contributed by atoms with Crippen LogP contribution in [0.1, 0.15) is 19.3 Å². The Morgan fingerprint density at radius 3 is 2.79 bits per heavy atom. The minimum atomic E-state index is -0.398. The molecule has 1 saturated heterocycles. The van der Waals surface area contributed by atoms with Gasteiger partial charge in [0.25, 0.3) is 5.91 Å². The number of thiophene rings is 1. The lowest BCUT2D eigenvalue weighted by Crippen LogP contribution is -3.13. The van der Waals surface area contributed by atoms with Gasteiger partial charge < -0.3 is 14.6 Å². The summed E-state index contributed by atoms with van der Waals surface area (Å²) in [4.78, 5) is 26.0. The molecule has 0 aliphatic carbocycles. The number of piperidine rings is 1. The Balaban J connectivity index is 1.64. The first-order chi connectivity index (χ1) is 11.7. The molecule has 0 atom stereocenters. The van der Waals surface area contributed by atoms with Gasteiger partial charge in [-0.15, -0.1) is 11.3 Å². The Labute approximate surface area is 142 Å². The highest BCUT2D eigenvalue weighted by Crippen LogP contribution is 2.33. The molecule has 0 spiro atoms. The zero-order valence-electron chi connectivity index (χ0n) is 13.3. The summed E-state index contributed by atoms with van der Waals surface area (Å²) < 4.78 is 5.40. The van der Waals surface area contributed by atoms with Crippen molar-refractivity contribution in [1.82, 2.24) is 0 Å². The Bertz CT molecular complexity index is 954.